The first-order valence-electron chi connectivity index (χ1n) is 7.03. The van der Waals surface area contributed by atoms with Crippen molar-refractivity contribution in [1.29, 1.82) is 0 Å². The summed E-state index contributed by atoms with van der Waals surface area (Å²) in [5.74, 6) is -1.41. The van der Waals surface area contributed by atoms with Crippen LogP contribution in [0.5, 0.6) is 0 Å². The normalized spacial score (nSPS) is 20.9. The molecule has 1 atom stereocenters. The van der Waals surface area contributed by atoms with Crippen molar-refractivity contribution in [2.24, 2.45) is 0 Å². The van der Waals surface area contributed by atoms with Gasteiger partial charge >= 0.3 is 11.9 Å². The molecule has 0 spiro atoms. The molecule has 0 fully saturated rings. The van der Waals surface area contributed by atoms with E-state index in [1.54, 1.807) is 20.8 Å². The van der Waals surface area contributed by atoms with Crippen LogP contribution in [0.2, 0.25) is 0 Å². The van der Waals surface area contributed by atoms with Gasteiger partial charge in [0, 0.05) is 0 Å². The fraction of sp³-hybridized carbons (Fsp3) is 0.500. The first kappa shape index (κ1) is 15.5. The molecular weight excluding hydrogens is 270 g/mol. The number of esters is 1. The number of carboxylic acid groups (broad SMARTS) is 1. The quantitative estimate of drug-likeness (QED) is 0.828. The van der Waals surface area contributed by atoms with Crippen molar-refractivity contribution in [2.75, 3.05) is 6.54 Å². The second-order valence-corrected chi connectivity index (χ2v) is 6.31. The molecule has 1 aromatic rings. The average molecular weight is 291 g/mol. The minimum Gasteiger partial charge on any atom is -0.480 e. The first-order chi connectivity index (χ1) is 9.74. The van der Waals surface area contributed by atoms with Crippen LogP contribution in [-0.4, -0.2) is 29.2 Å². The number of nitrogens with one attached hydrogen (secondary N) is 1. The van der Waals surface area contributed by atoms with Gasteiger partial charge in [0.25, 0.3) is 0 Å². The Kier molecular flexibility index (Phi) is 4.05. The van der Waals surface area contributed by atoms with Gasteiger partial charge in [-0.15, -0.1) is 0 Å². The van der Waals surface area contributed by atoms with Crippen LogP contribution in [0.25, 0.3) is 0 Å². The summed E-state index contributed by atoms with van der Waals surface area (Å²) in [6.07, 6.45) is 1.23. The lowest BCUT2D eigenvalue weighted by Crippen LogP contribution is -2.52. The topological polar surface area (TPSA) is 75.6 Å². The van der Waals surface area contributed by atoms with Gasteiger partial charge in [-0.25, -0.2) is 4.79 Å². The average Bonchev–Trinajstić information content (AvgIpc) is 2.74. The monoisotopic (exact) mass is 291 g/mol. The Balaban J connectivity index is 2.37. The van der Waals surface area contributed by atoms with Crippen molar-refractivity contribution in [3.8, 4) is 0 Å². The SMILES string of the molecule is CC(C)(C)OC(=O)C1(NCC(=O)O)CCc2ccccc21. The maximum absolute atomic E-state index is 12.7. The number of aliphatic carboxylic acids is 1. The van der Waals surface area contributed by atoms with E-state index in [4.69, 9.17) is 9.84 Å². The standard InChI is InChI=1S/C16H21NO4/c1-15(2,3)21-14(20)16(17-10-13(18)19)9-8-11-6-4-5-7-12(11)16/h4-7,17H,8-10H2,1-3H3,(H,18,19). The van der Waals surface area contributed by atoms with Gasteiger partial charge in [-0.3, -0.25) is 10.1 Å². The number of carboxylic acids is 1. The lowest BCUT2D eigenvalue weighted by Gasteiger charge is -2.32. The maximum Gasteiger partial charge on any atom is 0.331 e. The molecule has 0 heterocycles. The summed E-state index contributed by atoms with van der Waals surface area (Å²) in [6, 6.07) is 7.60. The highest BCUT2D eigenvalue weighted by atomic mass is 16.6. The first-order valence-corrected chi connectivity index (χ1v) is 7.03. The number of hydrogen-bond donors (Lipinski definition) is 2. The summed E-state index contributed by atoms with van der Waals surface area (Å²) in [7, 11) is 0. The summed E-state index contributed by atoms with van der Waals surface area (Å²) in [6.45, 7) is 5.12. The van der Waals surface area contributed by atoms with E-state index in [-0.39, 0.29) is 6.54 Å². The van der Waals surface area contributed by atoms with Crippen LogP contribution in [0.15, 0.2) is 24.3 Å². The van der Waals surface area contributed by atoms with Gasteiger partial charge in [-0.2, -0.15) is 0 Å². The van der Waals surface area contributed by atoms with E-state index in [9.17, 15) is 9.59 Å². The van der Waals surface area contributed by atoms with Crippen molar-refractivity contribution < 1.29 is 19.4 Å². The summed E-state index contributed by atoms with van der Waals surface area (Å²) in [5, 5.41) is 11.8. The van der Waals surface area contributed by atoms with Gasteiger partial charge in [0.1, 0.15) is 11.1 Å². The molecule has 2 rings (SSSR count). The fourth-order valence-corrected chi connectivity index (χ4v) is 2.67. The van der Waals surface area contributed by atoms with Crippen molar-refractivity contribution >= 4 is 11.9 Å². The Morgan fingerprint density at radius 2 is 2.00 bits per heavy atom. The zero-order chi connectivity index (χ0) is 15.7. The molecule has 1 unspecified atom stereocenters. The number of carbonyl (C=O) groups is 2. The molecule has 0 aromatic heterocycles. The lowest BCUT2D eigenvalue weighted by molar-refractivity contribution is -0.164. The Labute approximate surface area is 124 Å². The Bertz CT molecular complexity index is 562. The van der Waals surface area contributed by atoms with Crippen molar-refractivity contribution in [2.45, 2.75) is 44.8 Å². The minimum atomic E-state index is -1.07. The fourth-order valence-electron chi connectivity index (χ4n) is 2.67. The van der Waals surface area contributed by atoms with E-state index in [1.807, 2.05) is 24.3 Å². The number of benzene rings is 1. The molecule has 0 saturated heterocycles. The molecule has 0 saturated carbocycles. The van der Waals surface area contributed by atoms with Crippen LogP contribution in [0.1, 0.15) is 38.3 Å². The molecule has 5 nitrogen and oxygen atoms in total. The smallest absolute Gasteiger partial charge is 0.331 e. The van der Waals surface area contributed by atoms with Crippen LogP contribution in [0.3, 0.4) is 0 Å². The number of rotatable bonds is 4. The van der Waals surface area contributed by atoms with Crippen LogP contribution < -0.4 is 5.32 Å². The molecule has 5 heteroatoms. The molecular formula is C16H21NO4. The third-order valence-electron chi connectivity index (χ3n) is 3.54. The van der Waals surface area contributed by atoms with E-state index < -0.39 is 23.1 Å². The van der Waals surface area contributed by atoms with Crippen LogP contribution >= 0.6 is 0 Å². The largest absolute Gasteiger partial charge is 0.480 e. The number of aryl methyl sites for hydroxylation is 1. The third-order valence-corrected chi connectivity index (χ3v) is 3.54. The number of fused-ring (bicyclic) bond motifs is 1. The van der Waals surface area contributed by atoms with Crippen LogP contribution in [0.4, 0.5) is 0 Å². The van der Waals surface area contributed by atoms with Crippen LogP contribution in [0, 0.1) is 0 Å². The van der Waals surface area contributed by atoms with Crippen molar-refractivity contribution in [3.05, 3.63) is 35.4 Å². The molecule has 1 aromatic carbocycles. The molecule has 0 amide bonds. The molecule has 1 aliphatic rings. The second kappa shape index (κ2) is 5.48. The predicted molar refractivity (Wildman–Crippen MR) is 77.9 cm³/mol. The van der Waals surface area contributed by atoms with Gasteiger partial charge < -0.3 is 9.84 Å². The van der Waals surface area contributed by atoms with E-state index in [0.29, 0.717) is 6.42 Å². The second-order valence-electron chi connectivity index (χ2n) is 6.31. The number of hydrogen-bond acceptors (Lipinski definition) is 4. The number of ether oxygens (including phenoxy) is 1. The highest BCUT2D eigenvalue weighted by molar-refractivity contribution is 5.85. The maximum atomic E-state index is 12.7. The highest BCUT2D eigenvalue weighted by Gasteiger charge is 2.47. The zero-order valence-corrected chi connectivity index (χ0v) is 12.6. The highest BCUT2D eigenvalue weighted by Crippen LogP contribution is 2.38. The molecule has 0 radical (unpaired) electrons. The molecule has 2 N–H and O–H groups in total. The van der Waals surface area contributed by atoms with Gasteiger partial charge in [0.15, 0.2) is 0 Å². The van der Waals surface area contributed by atoms with E-state index >= 15 is 0 Å². The van der Waals surface area contributed by atoms with E-state index in [1.165, 1.54) is 0 Å². The van der Waals surface area contributed by atoms with Gasteiger partial charge in [0.2, 0.25) is 0 Å². The van der Waals surface area contributed by atoms with Crippen molar-refractivity contribution in [1.82, 2.24) is 5.32 Å². The lowest BCUT2D eigenvalue weighted by atomic mass is 9.91. The summed E-state index contributed by atoms with van der Waals surface area (Å²) in [5.41, 5.74) is 0.191. The summed E-state index contributed by atoms with van der Waals surface area (Å²) < 4.78 is 5.52. The molecule has 114 valence electrons. The third kappa shape index (κ3) is 3.24. The van der Waals surface area contributed by atoms with Gasteiger partial charge in [-0.1, -0.05) is 24.3 Å². The predicted octanol–water partition coefficient (Wildman–Crippen LogP) is 1.84. The molecule has 0 aliphatic heterocycles. The van der Waals surface area contributed by atoms with Gasteiger partial charge in [0.05, 0.1) is 6.54 Å². The van der Waals surface area contributed by atoms with E-state index in [2.05, 4.69) is 5.32 Å². The summed E-state index contributed by atoms with van der Waals surface area (Å²) in [4.78, 5) is 23.6. The number of carbonyl (C=O) groups excluding carboxylic acids is 1. The van der Waals surface area contributed by atoms with E-state index in [0.717, 1.165) is 17.5 Å². The van der Waals surface area contributed by atoms with Gasteiger partial charge in [-0.05, 0) is 44.7 Å². The minimum absolute atomic E-state index is 0.284. The molecule has 21 heavy (non-hydrogen) atoms. The Hall–Kier alpha value is -1.88. The molecule has 0 bridgehead atoms. The van der Waals surface area contributed by atoms with Crippen molar-refractivity contribution in [3.63, 3.8) is 0 Å². The summed E-state index contributed by atoms with van der Waals surface area (Å²) >= 11 is 0. The van der Waals surface area contributed by atoms with Crippen LogP contribution in [-0.2, 0) is 26.3 Å². The Morgan fingerprint density at radius 1 is 1.33 bits per heavy atom. The zero-order valence-electron chi connectivity index (χ0n) is 12.6. The Morgan fingerprint density at radius 3 is 2.62 bits per heavy atom. The molecule has 1 aliphatic carbocycles.